The molecule has 0 radical (unpaired) electrons. The minimum atomic E-state index is -0.304. The number of carbonyl (C=O) groups excluding carboxylic acids is 1. The van der Waals surface area contributed by atoms with Crippen molar-refractivity contribution in [1.82, 2.24) is 15.2 Å². The van der Waals surface area contributed by atoms with Crippen LogP contribution in [0.5, 0.6) is 0 Å². The van der Waals surface area contributed by atoms with Crippen LogP contribution in [-0.2, 0) is 4.74 Å². The quantitative estimate of drug-likeness (QED) is 0.828. The third-order valence-electron chi connectivity index (χ3n) is 4.41. The fourth-order valence-electron chi connectivity index (χ4n) is 3.20. The van der Waals surface area contributed by atoms with Crippen molar-refractivity contribution in [3.63, 3.8) is 0 Å². The molecule has 0 saturated carbocycles. The number of piperazine rings is 1. The van der Waals surface area contributed by atoms with Crippen molar-refractivity contribution in [1.29, 1.82) is 0 Å². The summed E-state index contributed by atoms with van der Waals surface area (Å²) in [5, 5.41) is 3.40. The Morgan fingerprint density at radius 1 is 1.36 bits per heavy atom. The predicted octanol–water partition coefficient (Wildman–Crippen LogP) is 0.742. The van der Waals surface area contributed by atoms with E-state index in [1.807, 2.05) is 6.07 Å². The zero-order valence-electron chi connectivity index (χ0n) is 13.1. The fourth-order valence-corrected chi connectivity index (χ4v) is 3.20. The van der Waals surface area contributed by atoms with Crippen LogP contribution < -0.4 is 10.2 Å². The average molecular weight is 304 g/mol. The molecule has 0 aromatic carbocycles. The van der Waals surface area contributed by atoms with Crippen LogP contribution in [0.2, 0.25) is 0 Å². The van der Waals surface area contributed by atoms with E-state index in [1.165, 1.54) is 6.42 Å². The van der Waals surface area contributed by atoms with E-state index in [0.29, 0.717) is 18.2 Å². The molecule has 6 heteroatoms. The van der Waals surface area contributed by atoms with Gasteiger partial charge in [-0.15, -0.1) is 0 Å². The molecule has 6 nitrogen and oxygen atoms in total. The number of ether oxygens (including phenoxy) is 1. The van der Waals surface area contributed by atoms with Crippen molar-refractivity contribution in [2.75, 3.05) is 50.8 Å². The topological polar surface area (TPSA) is 57.7 Å². The lowest BCUT2D eigenvalue weighted by Crippen LogP contribution is -2.49. The molecule has 2 aliphatic heterocycles. The molecular weight excluding hydrogens is 280 g/mol. The number of aromatic nitrogens is 1. The number of esters is 1. The van der Waals surface area contributed by atoms with Crippen LogP contribution in [-0.4, -0.2) is 67.8 Å². The minimum Gasteiger partial charge on any atom is -0.462 e. The number of hydrogen-bond acceptors (Lipinski definition) is 6. The van der Waals surface area contributed by atoms with Crippen LogP contribution >= 0.6 is 0 Å². The van der Waals surface area contributed by atoms with Gasteiger partial charge in [-0.25, -0.2) is 9.78 Å². The Bertz CT molecular complexity index is 499. The number of hydrogen-bond donors (Lipinski definition) is 1. The molecule has 0 bridgehead atoms. The summed E-state index contributed by atoms with van der Waals surface area (Å²) >= 11 is 0. The molecule has 3 rings (SSSR count). The first-order valence-electron chi connectivity index (χ1n) is 8.11. The van der Waals surface area contributed by atoms with Crippen LogP contribution in [0.1, 0.15) is 23.7 Å². The number of nitrogens with zero attached hydrogens (tertiary/aromatic N) is 3. The zero-order chi connectivity index (χ0) is 15.4. The molecule has 2 fully saturated rings. The van der Waals surface area contributed by atoms with Gasteiger partial charge in [0, 0.05) is 51.5 Å². The maximum absolute atomic E-state index is 11.6. The van der Waals surface area contributed by atoms with Gasteiger partial charge in [0.1, 0.15) is 5.82 Å². The molecule has 1 atom stereocenters. The normalized spacial score (nSPS) is 22.8. The van der Waals surface area contributed by atoms with E-state index in [2.05, 4.69) is 20.1 Å². The zero-order valence-corrected chi connectivity index (χ0v) is 13.1. The third-order valence-corrected chi connectivity index (χ3v) is 4.41. The van der Waals surface area contributed by atoms with Crippen molar-refractivity contribution in [3.05, 3.63) is 23.9 Å². The highest BCUT2D eigenvalue weighted by atomic mass is 16.5. The highest BCUT2D eigenvalue weighted by Gasteiger charge is 2.29. The first-order chi connectivity index (χ1) is 10.8. The van der Waals surface area contributed by atoms with E-state index in [4.69, 9.17) is 4.74 Å². The standard InChI is InChI=1S/C16H24N4O2/c1-2-22-16(21)13-3-4-15(18-11-13)20-8-5-14(12-20)19-9-6-17-7-10-19/h3-4,11,14,17H,2,5-10,12H2,1H3. The van der Waals surface area contributed by atoms with E-state index in [1.54, 1.807) is 19.2 Å². The number of pyridine rings is 1. The molecule has 1 aromatic rings. The Kier molecular flexibility index (Phi) is 4.90. The molecule has 0 amide bonds. The average Bonchev–Trinajstić information content (AvgIpc) is 3.06. The molecular formula is C16H24N4O2. The van der Waals surface area contributed by atoms with E-state index in [9.17, 15) is 4.79 Å². The van der Waals surface area contributed by atoms with Gasteiger partial charge in [-0.2, -0.15) is 0 Å². The van der Waals surface area contributed by atoms with Crippen molar-refractivity contribution >= 4 is 11.8 Å². The lowest BCUT2D eigenvalue weighted by molar-refractivity contribution is 0.0526. The molecule has 3 heterocycles. The van der Waals surface area contributed by atoms with Crippen molar-refractivity contribution in [2.24, 2.45) is 0 Å². The lowest BCUT2D eigenvalue weighted by atomic mass is 10.2. The monoisotopic (exact) mass is 304 g/mol. The molecule has 1 aromatic heterocycles. The van der Waals surface area contributed by atoms with Gasteiger partial charge in [0.05, 0.1) is 12.2 Å². The summed E-state index contributed by atoms with van der Waals surface area (Å²) in [5.41, 5.74) is 0.517. The van der Waals surface area contributed by atoms with E-state index in [0.717, 1.165) is 45.1 Å². The van der Waals surface area contributed by atoms with Crippen LogP contribution in [0, 0.1) is 0 Å². The van der Waals surface area contributed by atoms with Crippen LogP contribution in [0.4, 0.5) is 5.82 Å². The Hall–Kier alpha value is -1.66. The summed E-state index contributed by atoms with van der Waals surface area (Å²) in [7, 11) is 0. The smallest absolute Gasteiger partial charge is 0.339 e. The van der Waals surface area contributed by atoms with Crippen LogP contribution in [0.25, 0.3) is 0 Å². The molecule has 2 saturated heterocycles. The first kappa shape index (κ1) is 15.2. The minimum absolute atomic E-state index is 0.304. The molecule has 22 heavy (non-hydrogen) atoms. The summed E-state index contributed by atoms with van der Waals surface area (Å²) in [4.78, 5) is 21.0. The van der Waals surface area contributed by atoms with Gasteiger partial charge in [-0.1, -0.05) is 0 Å². The van der Waals surface area contributed by atoms with E-state index < -0.39 is 0 Å². The molecule has 2 aliphatic rings. The number of nitrogens with one attached hydrogen (secondary N) is 1. The highest BCUT2D eigenvalue weighted by molar-refractivity contribution is 5.89. The molecule has 0 spiro atoms. The summed E-state index contributed by atoms with van der Waals surface area (Å²) in [6.07, 6.45) is 2.80. The molecule has 0 aliphatic carbocycles. The summed E-state index contributed by atoms with van der Waals surface area (Å²) < 4.78 is 4.98. The largest absolute Gasteiger partial charge is 0.462 e. The maximum atomic E-state index is 11.6. The van der Waals surface area contributed by atoms with Gasteiger partial charge in [-0.3, -0.25) is 4.90 Å². The van der Waals surface area contributed by atoms with E-state index >= 15 is 0 Å². The molecule has 120 valence electrons. The Morgan fingerprint density at radius 3 is 2.86 bits per heavy atom. The predicted molar refractivity (Wildman–Crippen MR) is 85.3 cm³/mol. The van der Waals surface area contributed by atoms with Crippen molar-refractivity contribution in [3.8, 4) is 0 Å². The Labute approximate surface area is 131 Å². The van der Waals surface area contributed by atoms with Crippen molar-refractivity contribution in [2.45, 2.75) is 19.4 Å². The Morgan fingerprint density at radius 2 is 2.18 bits per heavy atom. The van der Waals surface area contributed by atoms with Gasteiger partial charge < -0.3 is 15.0 Å². The van der Waals surface area contributed by atoms with Gasteiger partial charge in [0.15, 0.2) is 0 Å². The lowest BCUT2D eigenvalue weighted by Gasteiger charge is -2.32. The maximum Gasteiger partial charge on any atom is 0.339 e. The summed E-state index contributed by atoms with van der Waals surface area (Å²) in [6.45, 7) is 8.68. The van der Waals surface area contributed by atoms with Crippen LogP contribution in [0.15, 0.2) is 18.3 Å². The molecule has 1 unspecified atom stereocenters. The summed E-state index contributed by atoms with van der Waals surface area (Å²) in [5.74, 6) is 0.646. The number of rotatable bonds is 4. The second-order valence-corrected chi connectivity index (χ2v) is 5.80. The molecule has 1 N–H and O–H groups in total. The Balaban J connectivity index is 1.59. The first-order valence-corrected chi connectivity index (χ1v) is 8.11. The van der Waals surface area contributed by atoms with Gasteiger partial charge >= 0.3 is 5.97 Å². The van der Waals surface area contributed by atoms with Gasteiger partial charge in [0.2, 0.25) is 0 Å². The number of anilines is 1. The second kappa shape index (κ2) is 7.07. The SMILES string of the molecule is CCOC(=O)c1ccc(N2CCC(N3CCNCC3)C2)nc1. The van der Waals surface area contributed by atoms with Gasteiger partial charge in [-0.05, 0) is 25.5 Å². The number of carbonyl (C=O) groups is 1. The van der Waals surface area contributed by atoms with E-state index in [-0.39, 0.29) is 5.97 Å². The highest BCUT2D eigenvalue weighted by Crippen LogP contribution is 2.22. The van der Waals surface area contributed by atoms with Gasteiger partial charge in [0.25, 0.3) is 0 Å². The fraction of sp³-hybridized carbons (Fsp3) is 0.625. The second-order valence-electron chi connectivity index (χ2n) is 5.80. The summed E-state index contributed by atoms with van der Waals surface area (Å²) in [6, 6.07) is 4.35. The van der Waals surface area contributed by atoms with Crippen molar-refractivity contribution < 1.29 is 9.53 Å². The third kappa shape index (κ3) is 3.39. The van der Waals surface area contributed by atoms with Crippen LogP contribution in [0.3, 0.4) is 0 Å².